The van der Waals surface area contributed by atoms with Crippen molar-refractivity contribution in [3.05, 3.63) is 67.1 Å². The normalized spacial score (nSPS) is 16.5. The molecule has 0 fully saturated rings. The number of fused-ring (bicyclic) bond motifs is 6. The molecule has 0 aliphatic carbocycles. The second-order valence-electron chi connectivity index (χ2n) is 13.3. The van der Waals surface area contributed by atoms with Crippen LogP contribution in [0.4, 0.5) is 0 Å². The van der Waals surface area contributed by atoms with Gasteiger partial charge >= 0.3 is 0 Å². The zero-order chi connectivity index (χ0) is 40.3. The highest BCUT2D eigenvalue weighted by molar-refractivity contribution is 6.46. The monoisotopic (exact) mass is 844 g/mol. The molecule has 2 atom stereocenters. The van der Waals surface area contributed by atoms with Gasteiger partial charge in [0, 0.05) is 99.7 Å². The fourth-order valence-electron chi connectivity index (χ4n) is 7.35. The number of carbonyl (C=O) groups is 2. The number of hydrogen-bond acceptors (Lipinski definition) is 8. The summed E-state index contributed by atoms with van der Waals surface area (Å²) in [5, 5.41) is 26.6. The van der Waals surface area contributed by atoms with Crippen LogP contribution in [0, 0.1) is 0 Å². The smallest absolute Gasteiger partial charge is 0.224 e. The first kappa shape index (κ1) is 41.5. The second-order valence-corrected chi connectivity index (χ2v) is 14.9. The number of carbonyl (C=O) groups excluding carboxylic acids is 2. The van der Waals surface area contributed by atoms with Gasteiger partial charge in [-0.25, -0.2) is 0 Å². The first-order valence-corrected chi connectivity index (χ1v) is 19.8. The van der Waals surface area contributed by atoms with Crippen molar-refractivity contribution in [1.29, 1.82) is 0 Å². The van der Waals surface area contributed by atoms with E-state index in [1.807, 2.05) is 13.8 Å². The average molecular weight is 847 g/mol. The van der Waals surface area contributed by atoms with Crippen molar-refractivity contribution >= 4 is 80.0 Å². The third kappa shape index (κ3) is 8.27. The highest BCUT2D eigenvalue weighted by Crippen LogP contribution is 2.44. The zero-order valence-corrected chi connectivity index (χ0v) is 35.0. The molecule has 298 valence electrons. The molecule has 2 aliphatic rings. The molecule has 6 aromatic rings. The summed E-state index contributed by atoms with van der Waals surface area (Å²) in [6.45, 7) is 6.30. The van der Waals surface area contributed by atoms with Crippen molar-refractivity contribution in [2.45, 2.75) is 51.4 Å². The fourth-order valence-corrected chi connectivity index (χ4v) is 8.15. The minimum atomic E-state index is -0.0202. The SMILES string of the molecule is CC.COCCC1CNC(=O)Cc2c1[nH]c1c(Cl)c(Cl)cc(-c3cnn(C)n3)c21.COCC[C@H]1CNC(=O)Cc2c1[nH]c1c(Cl)c(Cl)cc(-c3cnn(C)n3)c21. The van der Waals surface area contributed by atoms with Crippen molar-refractivity contribution in [3.63, 3.8) is 0 Å². The molecule has 2 aromatic carbocycles. The number of nitrogens with one attached hydrogen (secondary N) is 4. The van der Waals surface area contributed by atoms with Crippen molar-refractivity contribution in [1.82, 2.24) is 50.6 Å². The van der Waals surface area contributed by atoms with E-state index >= 15 is 0 Å². The molecular formula is C38H44Cl4N10O4. The molecule has 8 rings (SSSR count). The Balaban J connectivity index is 0.000000182. The van der Waals surface area contributed by atoms with Crippen molar-refractivity contribution in [2.75, 3.05) is 40.5 Å². The topological polar surface area (TPSA) is 170 Å². The summed E-state index contributed by atoms with van der Waals surface area (Å²) in [7, 11) is 6.85. The van der Waals surface area contributed by atoms with E-state index in [0.717, 1.165) is 68.3 Å². The lowest BCUT2D eigenvalue weighted by Crippen LogP contribution is -2.27. The van der Waals surface area contributed by atoms with E-state index in [1.165, 1.54) is 9.59 Å². The molecule has 6 heterocycles. The van der Waals surface area contributed by atoms with Crippen LogP contribution in [0.5, 0.6) is 0 Å². The Hall–Kier alpha value is -4.18. The maximum atomic E-state index is 12.4. The number of methoxy groups -OCH3 is 2. The van der Waals surface area contributed by atoms with Crippen LogP contribution in [0.2, 0.25) is 20.1 Å². The Bertz CT molecular complexity index is 2220. The molecule has 18 heteroatoms. The molecule has 2 aliphatic heterocycles. The molecule has 0 radical (unpaired) electrons. The number of rotatable bonds is 8. The lowest BCUT2D eigenvalue weighted by molar-refractivity contribution is -0.121. The number of aryl methyl sites for hydroxylation is 2. The lowest BCUT2D eigenvalue weighted by Gasteiger charge is -2.14. The number of benzene rings is 2. The van der Waals surface area contributed by atoms with Gasteiger partial charge in [-0.2, -0.15) is 30.0 Å². The van der Waals surface area contributed by atoms with Gasteiger partial charge in [-0.1, -0.05) is 60.3 Å². The predicted octanol–water partition coefficient (Wildman–Crippen LogP) is 7.15. The highest BCUT2D eigenvalue weighted by atomic mass is 35.5. The molecule has 0 saturated carbocycles. The Morgan fingerprint density at radius 3 is 1.43 bits per heavy atom. The molecule has 56 heavy (non-hydrogen) atoms. The maximum absolute atomic E-state index is 12.4. The molecule has 14 nitrogen and oxygen atoms in total. The largest absolute Gasteiger partial charge is 0.385 e. The molecule has 0 bridgehead atoms. The van der Waals surface area contributed by atoms with Crippen LogP contribution >= 0.6 is 46.4 Å². The standard InChI is InChI=1S/2C18H19Cl2N5O2.C2H6/c2*1-25-22-8-13(24-25)10-5-12(19)16(20)18-15(10)11-6-14(26)21-7-9(3-4-27-2)17(11)23-18;1-2/h2*5,8-9,23H,3-4,6-7H2,1-2H3,(H,21,26);1-2H3/t9-;;/m0../s1. The summed E-state index contributed by atoms with van der Waals surface area (Å²) in [5.74, 6) is 0.160. The highest BCUT2D eigenvalue weighted by Gasteiger charge is 2.31. The van der Waals surface area contributed by atoms with Crippen molar-refractivity contribution in [2.24, 2.45) is 14.1 Å². The summed E-state index contributed by atoms with van der Waals surface area (Å²) in [5.41, 5.74) is 8.29. The first-order chi connectivity index (χ1) is 27.0. The van der Waals surface area contributed by atoms with Crippen LogP contribution < -0.4 is 10.6 Å². The number of amides is 2. The Morgan fingerprint density at radius 1 is 0.696 bits per heavy atom. The van der Waals surface area contributed by atoms with E-state index in [9.17, 15) is 9.59 Å². The maximum Gasteiger partial charge on any atom is 0.224 e. The van der Waals surface area contributed by atoms with Crippen molar-refractivity contribution < 1.29 is 19.1 Å². The molecule has 4 N–H and O–H groups in total. The van der Waals surface area contributed by atoms with Gasteiger partial charge in [0.2, 0.25) is 11.8 Å². The minimum Gasteiger partial charge on any atom is -0.385 e. The van der Waals surface area contributed by atoms with Gasteiger partial charge in [0.1, 0.15) is 11.4 Å². The van der Waals surface area contributed by atoms with E-state index < -0.39 is 0 Å². The number of nitrogens with zero attached hydrogens (tertiary/aromatic N) is 6. The molecule has 2 amide bonds. The van der Waals surface area contributed by atoms with E-state index in [0.29, 0.717) is 57.8 Å². The molecular weight excluding hydrogens is 802 g/mol. The number of aromatic nitrogens is 8. The van der Waals surface area contributed by atoms with Gasteiger partial charge in [-0.3, -0.25) is 9.59 Å². The van der Waals surface area contributed by atoms with E-state index in [1.54, 1.807) is 52.8 Å². The van der Waals surface area contributed by atoms with Crippen LogP contribution in [0.25, 0.3) is 44.3 Å². The molecule has 0 saturated heterocycles. The van der Waals surface area contributed by atoms with Crippen LogP contribution in [0.15, 0.2) is 24.5 Å². The lowest BCUT2D eigenvalue weighted by atomic mass is 9.95. The Labute approximate surface area is 343 Å². The van der Waals surface area contributed by atoms with Crippen molar-refractivity contribution in [3.8, 4) is 22.5 Å². The van der Waals surface area contributed by atoms with Gasteiger partial charge < -0.3 is 30.1 Å². The zero-order valence-electron chi connectivity index (χ0n) is 31.9. The molecule has 4 aromatic heterocycles. The summed E-state index contributed by atoms with van der Waals surface area (Å²) in [6.07, 6.45) is 5.45. The Kier molecular flexibility index (Phi) is 13.3. The van der Waals surface area contributed by atoms with Crippen LogP contribution in [-0.4, -0.2) is 92.3 Å². The number of aromatic amines is 2. The van der Waals surface area contributed by atoms with Gasteiger partial charge in [0.25, 0.3) is 0 Å². The number of hydrogen-bond donors (Lipinski definition) is 4. The summed E-state index contributed by atoms with van der Waals surface area (Å²) in [4.78, 5) is 34.6. The first-order valence-electron chi connectivity index (χ1n) is 18.3. The third-order valence-corrected chi connectivity index (χ3v) is 11.5. The van der Waals surface area contributed by atoms with Crippen LogP contribution in [-0.2, 0) is 46.0 Å². The van der Waals surface area contributed by atoms with Gasteiger partial charge in [-0.05, 0) is 36.1 Å². The Morgan fingerprint density at radius 2 is 1.09 bits per heavy atom. The average Bonchev–Trinajstić information content (AvgIpc) is 3.96. The quantitative estimate of drug-likeness (QED) is 0.125. The minimum absolute atomic E-state index is 0.0202. The van der Waals surface area contributed by atoms with E-state index in [4.69, 9.17) is 55.9 Å². The second kappa shape index (κ2) is 18.0. The molecule has 1 unspecified atom stereocenters. The number of ether oxygens (including phenoxy) is 2. The predicted molar refractivity (Wildman–Crippen MR) is 220 cm³/mol. The van der Waals surface area contributed by atoms with Gasteiger partial charge in [0.15, 0.2) is 0 Å². The molecule has 0 spiro atoms. The number of halogens is 4. The van der Waals surface area contributed by atoms with E-state index in [2.05, 4.69) is 41.0 Å². The fraction of sp³-hybridized carbons (Fsp3) is 0.421. The van der Waals surface area contributed by atoms with Crippen LogP contribution in [0.3, 0.4) is 0 Å². The third-order valence-electron chi connectivity index (χ3n) is 9.89. The summed E-state index contributed by atoms with van der Waals surface area (Å²) >= 11 is 25.8. The summed E-state index contributed by atoms with van der Waals surface area (Å²) < 4.78 is 10.5. The van der Waals surface area contributed by atoms with Gasteiger partial charge in [0.05, 0.1) is 56.4 Å². The summed E-state index contributed by atoms with van der Waals surface area (Å²) in [6, 6.07) is 3.58. The van der Waals surface area contributed by atoms with Crippen LogP contribution in [0.1, 0.15) is 61.0 Å². The number of H-pyrrole nitrogens is 2. The van der Waals surface area contributed by atoms with E-state index in [-0.39, 0.29) is 36.5 Å². The van der Waals surface area contributed by atoms with Gasteiger partial charge in [-0.15, -0.1) is 0 Å².